The lowest BCUT2D eigenvalue weighted by Crippen LogP contribution is -2.57. The molecule has 6 heteroatoms. The van der Waals surface area contributed by atoms with Gasteiger partial charge >= 0.3 is 0 Å². The summed E-state index contributed by atoms with van der Waals surface area (Å²) in [4.78, 5) is 18.2. The first-order valence-electron chi connectivity index (χ1n) is 8.91. The van der Waals surface area contributed by atoms with Gasteiger partial charge in [-0.25, -0.2) is 0 Å². The fraction of sp³-hybridized carbons (Fsp3) is 0.579. The van der Waals surface area contributed by atoms with Crippen molar-refractivity contribution < 1.29 is 13.9 Å². The van der Waals surface area contributed by atoms with Crippen LogP contribution >= 0.6 is 0 Å². The Morgan fingerprint density at radius 1 is 1.24 bits per heavy atom. The summed E-state index contributed by atoms with van der Waals surface area (Å²) in [7, 11) is 0. The quantitative estimate of drug-likeness (QED) is 0.862. The summed E-state index contributed by atoms with van der Waals surface area (Å²) >= 11 is 0. The number of morpholine rings is 1. The summed E-state index contributed by atoms with van der Waals surface area (Å²) in [6, 6.07) is 6.92. The summed E-state index contributed by atoms with van der Waals surface area (Å²) in [5.74, 6) is -0.0262. The van der Waals surface area contributed by atoms with Crippen molar-refractivity contribution >= 4 is 23.0 Å². The number of benzene rings is 1. The van der Waals surface area contributed by atoms with Gasteiger partial charge in [0.25, 0.3) is 6.01 Å². The summed E-state index contributed by atoms with van der Waals surface area (Å²) in [5, 5.41) is 2.92. The van der Waals surface area contributed by atoms with Gasteiger partial charge in [-0.3, -0.25) is 4.79 Å². The average molecular weight is 343 g/mol. The molecule has 0 radical (unpaired) electrons. The lowest BCUT2D eigenvalue weighted by Gasteiger charge is -2.43. The van der Waals surface area contributed by atoms with E-state index in [9.17, 15) is 4.79 Å². The highest BCUT2D eigenvalue weighted by Gasteiger charge is 2.39. The number of carbonyl (C=O) groups excluding carboxylic acids is 1. The van der Waals surface area contributed by atoms with Crippen molar-refractivity contribution in [1.82, 2.24) is 10.3 Å². The Morgan fingerprint density at radius 3 is 2.64 bits per heavy atom. The molecule has 3 heterocycles. The molecule has 2 saturated heterocycles. The van der Waals surface area contributed by atoms with Crippen molar-refractivity contribution in [2.75, 3.05) is 31.1 Å². The third-order valence-corrected chi connectivity index (χ3v) is 5.30. The lowest BCUT2D eigenvalue weighted by atomic mass is 9.87. The van der Waals surface area contributed by atoms with E-state index in [2.05, 4.69) is 43.1 Å². The topological polar surface area (TPSA) is 67.6 Å². The highest BCUT2D eigenvalue weighted by atomic mass is 16.5. The van der Waals surface area contributed by atoms with Gasteiger partial charge in [0.1, 0.15) is 12.1 Å². The van der Waals surface area contributed by atoms with Crippen molar-refractivity contribution in [2.24, 2.45) is 0 Å². The second-order valence-electron chi connectivity index (χ2n) is 8.16. The summed E-state index contributed by atoms with van der Waals surface area (Å²) in [6.45, 7) is 8.98. The number of fused-ring (bicyclic) bond motifs is 1. The number of carbonyl (C=O) groups is 1. The fourth-order valence-corrected chi connectivity index (χ4v) is 3.52. The summed E-state index contributed by atoms with van der Waals surface area (Å²) in [5.41, 5.74) is 2.85. The number of nitrogens with one attached hydrogen (secondary N) is 1. The van der Waals surface area contributed by atoms with Crippen molar-refractivity contribution in [3.8, 4) is 0 Å². The molecule has 2 aliphatic heterocycles. The van der Waals surface area contributed by atoms with Gasteiger partial charge in [0.2, 0.25) is 5.91 Å². The van der Waals surface area contributed by atoms with Gasteiger partial charge in [-0.05, 0) is 36.0 Å². The minimum atomic E-state index is -0.226. The average Bonchev–Trinajstić information content (AvgIpc) is 3.01. The Hall–Kier alpha value is -2.08. The minimum absolute atomic E-state index is 0.0262. The van der Waals surface area contributed by atoms with E-state index < -0.39 is 0 Å². The van der Waals surface area contributed by atoms with Crippen LogP contribution in [0.15, 0.2) is 22.6 Å². The molecule has 2 aliphatic rings. The Labute approximate surface area is 147 Å². The molecule has 0 aliphatic carbocycles. The monoisotopic (exact) mass is 343 g/mol. The maximum atomic E-state index is 11.3. The molecule has 2 aromatic rings. The molecule has 1 aromatic carbocycles. The number of piperidine rings is 1. The number of rotatable bonds is 1. The zero-order chi connectivity index (χ0) is 17.7. The molecular formula is C19H25N3O3. The van der Waals surface area contributed by atoms with Gasteiger partial charge < -0.3 is 19.4 Å². The van der Waals surface area contributed by atoms with E-state index in [1.807, 2.05) is 6.07 Å². The first kappa shape index (κ1) is 16.4. The molecule has 0 unspecified atom stereocenters. The maximum absolute atomic E-state index is 11.3. The van der Waals surface area contributed by atoms with Crippen LogP contribution in [0.1, 0.15) is 39.2 Å². The van der Waals surface area contributed by atoms with E-state index in [0.29, 0.717) is 12.6 Å². The Kier molecular flexibility index (Phi) is 3.76. The standard InChI is InChI=1S/C19H25N3O3/c1-18(2,3)13-4-5-15-14(10-13)21-17(25-15)22-8-6-19(7-9-22)12-20-16(23)11-24-19/h4-5,10H,6-9,11-12H2,1-3H3,(H,20,23). The fourth-order valence-electron chi connectivity index (χ4n) is 3.52. The van der Waals surface area contributed by atoms with Crippen LogP contribution in [0.3, 0.4) is 0 Å². The van der Waals surface area contributed by atoms with Crippen LogP contribution in [0.4, 0.5) is 6.01 Å². The number of aromatic nitrogens is 1. The molecule has 0 atom stereocenters. The smallest absolute Gasteiger partial charge is 0.298 e. The number of hydrogen-bond donors (Lipinski definition) is 1. The molecule has 6 nitrogen and oxygen atoms in total. The van der Waals surface area contributed by atoms with Gasteiger partial charge in [0.05, 0.1) is 5.60 Å². The van der Waals surface area contributed by atoms with Crippen LogP contribution in [0, 0.1) is 0 Å². The molecule has 2 fully saturated rings. The molecule has 1 spiro atoms. The van der Waals surface area contributed by atoms with E-state index in [4.69, 9.17) is 14.1 Å². The minimum Gasteiger partial charge on any atom is -0.423 e. The third kappa shape index (κ3) is 3.11. The lowest BCUT2D eigenvalue weighted by molar-refractivity contribution is -0.146. The number of hydrogen-bond acceptors (Lipinski definition) is 5. The van der Waals surface area contributed by atoms with Gasteiger partial charge in [-0.1, -0.05) is 26.8 Å². The molecule has 1 amide bonds. The summed E-state index contributed by atoms with van der Waals surface area (Å²) in [6.07, 6.45) is 1.72. The third-order valence-electron chi connectivity index (χ3n) is 5.30. The Bertz CT molecular complexity index is 786. The van der Waals surface area contributed by atoms with Crippen LogP contribution in [0.2, 0.25) is 0 Å². The van der Waals surface area contributed by atoms with Crippen molar-refractivity contribution in [3.05, 3.63) is 23.8 Å². The SMILES string of the molecule is CC(C)(C)c1ccc2oc(N3CCC4(CC3)CNC(=O)CO4)nc2c1. The van der Waals surface area contributed by atoms with Crippen LogP contribution in [-0.4, -0.2) is 42.7 Å². The first-order chi connectivity index (χ1) is 11.8. The van der Waals surface area contributed by atoms with Gasteiger partial charge in [-0.2, -0.15) is 4.98 Å². The van der Waals surface area contributed by atoms with Crippen molar-refractivity contribution in [3.63, 3.8) is 0 Å². The number of anilines is 1. The Morgan fingerprint density at radius 2 is 2.00 bits per heavy atom. The second kappa shape index (κ2) is 5.73. The molecule has 0 bridgehead atoms. The van der Waals surface area contributed by atoms with E-state index in [0.717, 1.165) is 37.0 Å². The highest BCUT2D eigenvalue weighted by Crippen LogP contribution is 2.32. The van der Waals surface area contributed by atoms with Gasteiger partial charge in [-0.15, -0.1) is 0 Å². The maximum Gasteiger partial charge on any atom is 0.298 e. The van der Waals surface area contributed by atoms with Crippen LogP contribution in [0.5, 0.6) is 0 Å². The largest absolute Gasteiger partial charge is 0.423 e. The molecule has 1 aromatic heterocycles. The first-order valence-corrected chi connectivity index (χ1v) is 8.91. The molecule has 0 saturated carbocycles. The van der Waals surface area contributed by atoms with Crippen molar-refractivity contribution in [2.45, 2.75) is 44.6 Å². The molecular weight excluding hydrogens is 318 g/mol. The predicted molar refractivity (Wildman–Crippen MR) is 95.8 cm³/mol. The van der Waals surface area contributed by atoms with Gasteiger partial charge in [0.15, 0.2) is 5.58 Å². The zero-order valence-corrected chi connectivity index (χ0v) is 15.1. The predicted octanol–water partition coefficient (Wildman–Crippen LogP) is 2.61. The van der Waals surface area contributed by atoms with Crippen LogP contribution in [-0.2, 0) is 14.9 Å². The van der Waals surface area contributed by atoms with Gasteiger partial charge in [0, 0.05) is 19.6 Å². The normalized spacial score (nSPS) is 20.9. The van der Waals surface area contributed by atoms with Crippen molar-refractivity contribution in [1.29, 1.82) is 0 Å². The van der Waals surface area contributed by atoms with E-state index >= 15 is 0 Å². The summed E-state index contributed by atoms with van der Waals surface area (Å²) < 4.78 is 11.8. The zero-order valence-electron chi connectivity index (χ0n) is 15.1. The number of oxazole rings is 1. The van der Waals surface area contributed by atoms with E-state index in [-0.39, 0.29) is 23.5 Å². The van der Waals surface area contributed by atoms with Crippen LogP contribution in [0.25, 0.3) is 11.1 Å². The number of nitrogens with zero attached hydrogens (tertiary/aromatic N) is 2. The van der Waals surface area contributed by atoms with E-state index in [1.165, 1.54) is 5.56 Å². The number of amides is 1. The Balaban J connectivity index is 1.50. The van der Waals surface area contributed by atoms with Crippen LogP contribution < -0.4 is 10.2 Å². The molecule has 4 rings (SSSR count). The van der Waals surface area contributed by atoms with E-state index in [1.54, 1.807) is 0 Å². The second-order valence-corrected chi connectivity index (χ2v) is 8.16. The number of ether oxygens (including phenoxy) is 1. The molecule has 134 valence electrons. The highest BCUT2D eigenvalue weighted by molar-refractivity contribution is 5.78. The molecule has 25 heavy (non-hydrogen) atoms. The molecule has 1 N–H and O–H groups in total.